The molecular weight excluding hydrogens is 464 g/mol. The van der Waals surface area contributed by atoms with Gasteiger partial charge in [0.2, 0.25) is 17.7 Å². The lowest BCUT2D eigenvalue weighted by Gasteiger charge is -2.33. The van der Waals surface area contributed by atoms with Crippen molar-refractivity contribution >= 4 is 46.1 Å². The maximum atomic E-state index is 14.0. The fourth-order valence-electron chi connectivity index (χ4n) is 5.98. The predicted molar refractivity (Wildman–Crippen MR) is 141 cm³/mol. The van der Waals surface area contributed by atoms with E-state index in [4.69, 9.17) is 0 Å². The number of nitrogens with zero attached hydrogens (tertiary/aromatic N) is 3. The van der Waals surface area contributed by atoms with Crippen molar-refractivity contribution in [3.8, 4) is 0 Å². The van der Waals surface area contributed by atoms with Crippen LogP contribution in [0.3, 0.4) is 0 Å². The average molecular weight is 487 g/mol. The van der Waals surface area contributed by atoms with Crippen molar-refractivity contribution in [1.29, 1.82) is 0 Å². The van der Waals surface area contributed by atoms with Gasteiger partial charge in [0.15, 0.2) is 0 Å². The topological polar surface area (TPSA) is 82.1 Å². The number of para-hydroxylation sites is 1. The third kappa shape index (κ3) is 3.20. The highest BCUT2D eigenvalue weighted by atomic mass is 16.2. The summed E-state index contributed by atoms with van der Waals surface area (Å²) >= 11 is 0. The zero-order chi connectivity index (χ0) is 25.1. The first kappa shape index (κ1) is 21.5. The van der Waals surface area contributed by atoms with Crippen LogP contribution in [0.4, 0.5) is 11.4 Å². The van der Waals surface area contributed by atoms with Crippen LogP contribution in [0.15, 0.2) is 102 Å². The highest BCUT2D eigenvalue weighted by Gasteiger charge is 2.65. The van der Waals surface area contributed by atoms with Gasteiger partial charge in [-0.1, -0.05) is 72.8 Å². The van der Waals surface area contributed by atoms with E-state index < -0.39 is 23.9 Å². The third-order valence-corrected chi connectivity index (χ3v) is 7.59. The number of imide groups is 1. The van der Waals surface area contributed by atoms with Crippen LogP contribution in [0.2, 0.25) is 0 Å². The van der Waals surface area contributed by atoms with Crippen LogP contribution in [0.25, 0.3) is 10.8 Å². The Bertz CT molecular complexity index is 1620. The van der Waals surface area contributed by atoms with Gasteiger partial charge in [0.1, 0.15) is 6.04 Å². The summed E-state index contributed by atoms with van der Waals surface area (Å²) in [5.41, 5.74) is 2.92. The molecule has 2 saturated heterocycles. The fraction of sp³-hybridized carbons (Fsp3) is 0.133. The Kier molecular flexibility index (Phi) is 4.72. The Morgan fingerprint density at radius 3 is 2.30 bits per heavy atom. The molecule has 0 bridgehead atoms. The van der Waals surface area contributed by atoms with Crippen molar-refractivity contribution in [2.75, 3.05) is 10.2 Å². The molecule has 0 spiro atoms. The minimum atomic E-state index is -0.929. The number of hydrogen-bond acceptors (Lipinski definition) is 5. The molecule has 2 fully saturated rings. The molecule has 1 N–H and O–H groups in total. The minimum Gasteiger partial charge on any atom is -0.324 e. The summed E-state index contributed by atoms with van der Waals surface area (Å²) in [5, 5.41) is 11.1. The lowest BCUT2D eigenvalue weighted by molar-refractivity contribution is -0.129. The van der Waals surface area contributed by atoms with Gasteiger partial charge >= 0.3 is 0 Å². The Balaban J connectivity index is 1.33. The second-order valence-corrected chi connectivity index (χ2v) is 9.59. The van der Waals surface area contributed by atoms with E-state index in [1.54, 1.807) is 29.4 Å². The molecule has 0 aliphatic carbocycles. The zero-order valence-electron chi connectivity index (χ0n) is 19.7. The number of benzene rings is 4. The first-order chi connectivity index (χ1) is 18.1. The van der Waals surface area contributed by atoms with Crippen LogP contribution in [0, 0.1) is 11.8 Å². The lowest BCUT2D eigenvalue weighted by atomic mass is 9.85. The van der Waals surface area contributed by atoms with E-state index in [0.717, 1.165) is 21.9 Å². The van der Waals surface area contributed by atoms with E-state index in [2.05, 4.69) is 10.4 Å². The van der Waals surface area contributed by atoms with Crippen molar-refractivity contribution in [3.63, 3.8) is 0 Å². The van der Waals surface area contributed by atoms with Gasteiger partial charge < -0.3 is 5.32 Å². The average Bonchev–Trinajstić information content (AvgIpc) is 3.41. The van der Waals surface area contributed by atoms with Crippen LogP contribution in [0.5, 0.6) is 0 Å². The molecule has 7 heteroatoms. The summed E-state index contributed by atoms with van der Waals surface area (Å²) in [7, 11) is 0. The van der Waals surface area contributed by atoms with Crippen molar-refractivity contribution in [3.05, 3.63) is 108 Å². The monoisotopic (exact) mass is 486 g/mol. The number of carbonyl (C=O) groups excluding carboxylic acids is 3. The Morgan fingerprint density at radius 1 is 0.757 bits per heavy atom. The molecule has 4 unspecified atom stereocenters. The van der Waals surface area contributed by atoms with Gasteiger partial charge in [0.25, 0.3) is 0 Å². The summed E-state index contributed by atoms with van der Waals surface area (Å²) in [6.07, 6.45) is 1.70. The molecular formula is C30H22N4O3. The van der Waals surface area contributed by atoms with Gasteiger partial charge in [-0.3, -0.25) is 19.4 Å². The van der Waals surface area contributed by atoms with Crippen LogP contribution >= 0.6 is 0 Å². The lowest BCUT2D eigenvalue weighted by Crippen LogP contribution is -2.46. The molecule has 0 aromatic heterocycles. The normalized spacial score (nSPS) is 23.7. The molecule has 4 atom stereocenters. The van der Waals surface area contributed by atoms with Crippen molar-refractivity contribution in [2.45, 2.75) is 12.1 Å². The van der Waals surface area contributed by atoms with Crippen LogP contribution < -0.4 is 10.2 Å². The zero-order valence-corrected chi connectivity index (χ0v) is 19.7. The number of nitrogens with one attached hydrogen (secondary N) is 1. The number of fused-ring (bicyclic) bond motifs is 6. The third-order valence-electron chi connectivity index (χ3n) is 7.59. The molecule has 180 valence electrons. The SMILES string of the molecule is O=C(Nc1ccccc1)C1C2C(=O)N(c3ccc4ccccc4c3)C(=O)C2C2c3ccccc3C=NN12. The fourth-order valence-corrected chi connectivity index (χ4v) is 5.98. The first-order valence-electron chi connectivity index (χ1n) is 12.3. The van der Waals surface area contributed by atoms with E-state index in [0.29, 0.717) is 11.4 Å². The molecule has 3 aliphatic rings. The van der Waals surface area contributed by atoms with Gasteiger partial charge in [-0.25, -0.2) is 4.90 Å². The van der Waals surface area contributed by atoms with Gasteiger partial charge in [-0.05, 0) is 46.2 Å². The summed E-state index contributed by atoms with van der Waals surface area (Å²) < 4.78 is 0. The maximum Gasteiger partial charge on any atom is 0.249 e. The number of carbonyl (C=O) groups is 3. The quantitative estimate of drug-likeness (QED) is 0.437. The van der Waals surface area contributed by atoms with Crippen LogP contribution in [0.1, 0.15) is 17.2 Å². The number of rotatable bonds is 3. The van der Waals surface area contributed by atoms with E-state index in [-0.39, 0.29) is 17.7 Å². The number of anilines is 2. The molecule has 7 rings (SSSR count). The summed E-state index contributed by atoms with van der Waals surface area (Å²) in [4.78, 5) is 43.0. The number of hydrogen-bond donors (Lipinski definition) is 1. The highest BCUT2D eigenvalue weighted by Crippen LogP contribution is 2.52. The Labute approximate surface area is 213 Å². The second-order valence-electron chi connectivity index (χ2n) is 9.59. The van der Waals surface area contributed by atoms with Crippen LogP contribution in [-0.4, -0.2) is 35.0 Å². The van der Waals surface area contributed by atoms with Gasteiger partial charge in [0.05, 0.1) is 29.8 Å². The number of amides is 3. The van der Waals surface area contributed by atoms with Gasteiger partial charge in [0, 0.05) is 5.69 Å². The second kappa shape index (κ2) is 8.13. The summed E-state index contributed by atoms with van der Waals surface area (Å²) in [6, 6.07) is 28.7. The molecule has 4 aromatic carbocycles. The Morgan fingerprint density at radius 2 is 1.46 bits per heavy atom. The molecule has 37 heavy (non-hydrogen) atoms. The van der Waals surface area contributed by atoms with Gasteiger partial charge in [-0.2, -0.15) is 5.10 Å². The molecule has 3 heterocycles. The van der Waals surface area contributed by atoms with Gasteiger partial charge in [-0.15, -0.1) is 0 Å². The van der Waals surface area contributed by atoms with E-state index in [9.17, 15) is 14.4 Å². The molecule has 3 aliphatic heterocycles. The molecule has 7 nitrogen and oxygen atoms in total. The smallest absolute Gasteiger partial charge is 0.249 e. The predicted octanol–water partition coefficient (Wildman–Crippen LogP) is 4.36. The van der Waals surface area contributed by atoms with E-state index in [1.807, 2.05) is 78.9 Å². The van der Waals surface area contributed by atoms with E-state index >= 15 is 0 Å². The molecule has 3 amide bonds. The minimum absolute atomic E-state index is 0.304. The summed E-state index contributed by atoms with van der Waals surface area (Å²) in [6.45, 7) is 0. The molecule has 4 aromatic rings. The Hall–Kier alpha value is -4.78. The van der Waals surface area contributed by atoms with Crippen LogP contribution in [-0.2, 0) is 14.4 Å². The first-order valence-corrected chi connectivity index (χ1v) is 12.3. The number of hydrazone groups is 1. The molecule has 0 saturated carbocycles. The summed E-state index contributed by atoms with van der Waals surface area (Å²) in [5.74, 6) is -2.63. The standard InChI is InChI=1S/C30H22N4O3/c35-28(32-21-11-2-1-3-12-21)27-25-24(26-23-13-7-6-10-20(23)17-31-34(26)27)29(36)33(30(25)37)22-15-14-18-8-4-5-9-19(18)16-22/h1-17,24-27H,(H,32,35). The van der Waals surface area contributed by atoms with E-state index in [1.165, 1.54) is 4.90 Å². The van der Waals surface area contributed by atoms with Crippen molar-refractivity contribution < 1.29 is 14.4 Å². The van der Waals surface area contributed by atoms with Crippen molar-refractivity contribution in [2.24, 2.45) is 16.9 Å². The maximum absolute atomic E-state index is 14.0. The van der Waals surface area contributed by atoms with Crippen molar-refractivity contribution in [1.82, 2.24) is 5.01 Å². The highest BCUT2D eigenvalue weighted by molar-refractivity contribution is 6.24. The molecule has 0 radical (unpaired) electrons. The largest absolute Gasteiger partial charge is 0.324 e.